The lowest BCUT2D eigenvalue weighted by atomic mass is 9.97. The Morgan fingerprint density at radius 1 is 1.07 bits per heavy atom. The van der Waals surface area contributed by atoms with Crippen LogP contribution in [-0.4, -0.2) is 74.5 Å². The fraction of sp³-hybridized carbons (Fsp3) is 0.464. The van der Waals surface area contributed by atoms with Gasteiger partial charge in [0, 0.05) is 33.1 Å². The van der Waals surface area contributed by atoms with Crippen LogP contribution in [-0.2, 0) is 30.8 Å². The van der Waals surface area contributed by atoms with E-state index in [1.165, 1.54) is 17.0 Å². The Labute approximate surface area is 235 Å². The van der Waals surface area contributed by atoms with Crippen molar-refractivity contribution in [3.63, 3.8) is 0 Å². The van der Waals surface area contributed by atoms with Crippen molar-refractivity contribution in [3.8, 4) is 5.75 Å². The van der Waals surface area contributed by atoms with Crippen molar-refractivity contribution in [2.75, 3.05) is 20.6 Å². The Kier molecular flexibility index (Phi) is 9.60. The van der Waals surface area contributed by atoms with Gasteiger partial charge in [-0.3, -0.25) is 9.59 Å². The molecule has 3 N–H and O–H groups in total. The van der Waals surface area contributed by atoms with Gasteiger partial charge >= 0.3 is 12.1 Å². The lowest BCUT2D eigenvalue weighted by Crippen LogP contribution is -2.51. The molecule has 1 aliphatic heterocycles. The molecule has 1 aliphatic rings. The van der Waals surface area contributed by atoms with Crippen LogP contribution in [0.5, 0.6) is 5.75 Å². The van der Waals surface area contributed by atoms with Gasteiger partial charge < -0.3 is 25.4 Å². The molecule has 3 atom stereocenters. The molecule has 0 bridgehead atoms. The van der Waals surface area contributed by atoms with Gasteiger partial charge in [-0.05, 0) is 63.9 Å². The molecule has 0 aliphatic carbocycles. The van der Waals surface area contributed by atoms with Crippen LogP contribution in [0.25, 0.3) is 0 Å². The predicted molar refractivity (Wildman–Crippen MR) is 149 cm³/mol. The van der Waals surface area contributed by atoms with Gasteiger partial charge in [0.15, 0.2) is 6.23 Å². The molecule has 12 heteroatoms. The number of aryl methyl sites for hydroxylation is 1. The summed E-state index contributed by atoms with van der Waals surface area (Å²) in [5.74, 6) is -0.833. The van der Waals surface area contributed by atoms with Crippen LogP contribution in [0.3, 0.4) is 0 Å². The van der Waals surface area contributed by atoms with E-state index in [9.17, 15) is 22.8 Å². The van der Waals surface area contributed by atoms with Crippen molar-refractivity contribution in [2.24, 2.45) is 11.1 Å². The number of hydrogen-bond donors (Lipinski definition) is 2. The maximum Gasteiger partial charge on any atom is 0.414 e. The first-order valence-electron chi connectivity index (χ1n) is 12.9. The number of hydrogen-bond acceptors (Lipinski definition) is 8. The largest absolute Gasteiger partial charge is 0.441 e. The summed E-state index contributed by atoms with van der Waals surface area (Å²) in [6.45, 7) is 6.89. The van der Waals surface area contributed by atoms with Crippen LogP contribution in [0.1, 0.15) is 38.3 Å². The number of benzene rings is 2. The molecule has 1 heterocycles. The Balaban J connectivity index is 1.81. The number of nitrogens with two attached hydrogens (primary N) is 1. The topological polar surface area (TPSA) is 148 Å². The maximum atomic E-state index is 13.5. The predicted octanol–water partition coefficient (Wildman–Crippen LogP) is 2.42. The van der Waals surface area contributed by atoms with E-state index in [1.54, 1.807) is 71.3 Å². The monoisotopic (exact) mass is 574 g/mol. The third-order valence-electron chi connectivity index (χ3n) is 6.30. The molecule has 218 valence electrons. The van der Waals surface area contributed by atoms with Crippen LogP contribution in [0.2, 0.25) is 0 Å². The van der Waals surface area contributed by atoms with Gasteiger partial charge in [-0.2, -0.15) is 4.31 Å². The van der Waals surface area contributed by atoms with Crippen LogP contribution in [0.4, 0.5) is 4.79 Å². The third-order valence-corrected chi connectivity index (χ3v) is 8.19. The molecule has 2 amide bonds. The van der Waals surface area contributed by atoms with E-state index in [-0.39, 0.29) is 24.3 Å². The zero-order valence-corrected chi connectivity index (χ0v) is 24.5. The van der Waals surface area contributed by atoms with Crippen molar-refractivity contribution in [3.05, 3.63) is 59.7 Å². The fourth-order valence-corrected chi connectivity index (χ4v) is 5.62. The molecular formula is C28H38N4O7S. The number of nitrogens with zero attached hydrogens (tertiary/aromatic N) is 2. The molecule has 40 heavy (non-hydrogen) atoms. The molecule has 2 aromatic carbocycles. The number of carbonyl (C=O) groups is 3. The minimum absolute atomic E-state index is 0.0200. The molecule has 0 aromatic heterocycles. The molecule has 0 unspecified atom stereocenters. The van der Waals surface area contributed by atoms with Crippen molar-refractivity contribution in [1.29, 1.82) is 0 Å². The third kappa shape index (κ3) is 7.80. The number of esters is 1. The van der Waals surface area contributed by atoms with Crippen molar-refractivity contribution >= 4 is 28.0 Å². The maximum absolute atomic E-state index is 13.5. The summed E-state index contributed by atoms with van der Waals surface area (Å²) >= 11 is 0. The molecule has 2 aromatic rings. The van der Waals surface area contributed by atoms with Gasteiger partial charge in [0.05, 0.1) is 10.3 Å². The highest BCUT2D eigenvalue weighted by molar-refractivity contribution is 7.89. The van der Waals surface area contributed by atoms with Gasteiger partial charge in [-0.1, -0.05) is 29.8 Å². The van der Waals surface area contributed by atoms with Gasteiger partial charge in [-0.15, -0.1) is 0 Å². The Morgan fingerprint density at radius 2 is 1.68 bits per heavy atom. The van der Waals surface area contributed by atoms with Gasteiger partial charge in [0.25, 0.3) is 0 Å². The summed E-state index contributed by atoms with van der Waals surface area (Å²) in [5, 5.41) is 2.72. The zero-order valence-electron chi connectivity index (χ0n) is 23.7. The summed E-state index contributed by atoms with van der Waals surface area (Å²) in [7, 11) is -0.870. The standard InChI is InChI=1S/C28H38N4O7S/c1-18-7-13-22(14-8-18)40(36,37)32-17-20(29)16-23(32)25(33)30-24(39-26(34)28(2,3)4)15-19-9-11-21(12-10-19)38-27(35)31(5)6/h7-14,20,23-24H,15-17,29H2,1-6H3,(H,30,33)/t20-,23+,24-/m1/s1. The summed E-state index contributed by atoms with van der Waals surface area (Å²) in [6.07, 6.45) is -1.41. The number of ether oxygens (including phenoxy) is 2. The van der Waals surface area contributed by atoms with E-state index in [0.717, 1.165) is 9.87 Å². The molecule has 3 rings (SSSR count). The first-order valence-corrected chi connectivity index (χ1v) is 14.4. The SMILES string of the molecule is Cc1ccc(S(=O)(=O)N2C[C@H](N)C[C@H]2C(=O)N[C@@H](Cc2ccc(OC(=O)N(C)C)cc2)OC(=O)C(C)(C)C)cc1. The van der Waals surface area contributed by atoms with E-state index in [4.69, 9.17) is 15.2 Å². The second-order valence-electron chi connectivity index (χ2n) is 11.2. The van der Waals surface area contributed by atoms with Crippen LogP contribution in [0.15, 0.2) is 53.4 Å². The number of nitrogens with one attached hydrogen (secondary N) is 1. The summed E-state index contributed by atoms with van der Waals surface area (Å²) in [5.41, 5.74) is 6.84. The summed E-state index contributed by atoms with van der Waals surface area (Å²) in [6, 6.07) is 11.3. The Bertz CT molecular complexity index is 1320. The minimum Gasteiger partial charge on any atom is -0.441 e. The molecular weight excluding hydrogens is 536 g/mol. The quantitative estimate of drug-likeness (QED) is 0.361. The molecule has 1 fully saturated rings. The number of sulfonamides is 1. The van der Waals surface area contributed by atoms with E-state index in [1.807, 2.05) is 6.92 Å². The number of carbonyl (C=O) groups excluding carboxylic acids is 3. The molecule has 0 radical (unpaired) electrons. The molecule has 1 saturated heterocycles. The molecule has 11 nitrogen and oxygen atoms in total. The van der Waals surface area contributed by atoms with Crippen LogP contribution in [0, 0.1) is 12.3 Å². The average molecular weight is 575 g/mol. The lowest BCUT2D eigenvalue weighted by molar-refractivity contribution is -0.161. The molecule has 0 saturated carbocycles. The first-order chi connectivity index (χ1) is 18.6. The molecule has 0 spiro atoms. The zero-order chi connectivity index (χ0) is 29.8. The number of amides is 2. The first kappa shape index (κ1) is 31.1. The van der Waals surface area contributed by atoms with Gasteiger partial charge in [0.2, 0.25) is 15.9 Å². The van der Waals surface area contributed by atoms with Crippen molar-refractivity contribution in [1.82, 2.24) is 14.5 Å². The van der Waals surface area contributed by atoms with E-state index in [2.05, 4.69) is 5.32 Å². The number of rotatable bonds is 8. The highest BCUT2D eigenvalue weighted by Gasteiger charge is 2.43. The summed E-state index contributed by atoms with van der Waals surface area (Å²) < 4.78 is 38.8. The van der Waals surface area contributed by atoms with Gasteiger partial charge in [0.1, 0.15) is 11.8 Å². The van der Waals surface area contributed by atoms with Crippen molar-refractivity contribution < 1.29 is 32.3 Å². The highest BCUT2D eigenvalue weighted by Crippen LogP contribution is 2.27. The fourth-order valence-electron chi connectivity index (χ4n) is 3.97. The highest BCUT2D eigenvalue weighted by atomic mass is 32.2. The lowest BCUT2D eigenvalue weighted by Gasteiger charge is -2.28. The van der Waals surface area contributed by atoms with Crippen LogP contribution < -0.4 is 15.8 Å². The second kappa shape index (κ2) is 12.4. The van der Waals surface area contributed by atoms with Crippen molar-refractivity contribution in [2.45, 2.75) is 63.7 Å². The Hall–Kier alpha value is -3.48. The Morgan fingerprint density at radius 3 is 2.23 bits per heavy atom. The minimum atomic E-state index is -4.00. The average Bonchev–Trinajstić information content (AvgIpc) is 3.27. The van der Waals surface area contributed by atoms with E-state index in [0.29, 0.717) is 11.3 Å². The summed E-state index contributed by atoms with van der Waals surface area (Å²) in [4.78, 5) is 39.4. The van der Waals surface area contributed by atoms with E-state index < -0.39 is 51.7 Å². The second-order valence-corrected chi connectivity index (χ2v) is 13.1. The van der Waals surface area contributed by atoms with Gasteiger partial charge in [-0.25, -0.2) is 13.2 Å². The smallest absolute Gasteiger partial charge is 0.414 e. The van der Waals surface area contributed by atoms with Crippen LogP contribution >= 0.6 is 0 Å². The van der Waals surface area contributed by atoms with E-state index >= 15 is 0 Å². The normalized spacial score (nSPS) is 18.6.